The first-order chi connectivity index (χ1) is 14.2. The molecule has 0 aliphatic heterocycles. The van der Waals surface area contributed by atoms with Crippen LogP contribution in [0.5, 0.6) is 0 Å². The van der Waals surface area contributed by atoms with Crippen molar-refractivity contribution in [2.24, 2.45) is 0 Å². The van der Waals surface area contributed by atoms with Crippen molar-refractivity contribution in [3.8, 4) is 0 Å². The summed E-state index contributed by atoms with van der Waals surface area (Å²) < 4.78 is 2.00. The minimum absolute atomic E-state index is 0.142. The van der Waals surface area contributed by atoms with E-state index < -0.39 is 0 Å². The van der Waals surface area contributed by atoms with Crippen LogP contribution in [0.2, 0.25) is 5.02 Å². The molecule has 5 nitrogen and oxygen atoms in total. The Morgan fingerprint density at radius 1 is 1.10 bits per heavy atom. The Bertz CT molecular complexity index is 962. The summed E-state index contributed by atoms with van der Waals surface area (Å²) in [6, 6.07) is 17.5. The highest BCUT2D eigenvalue weighted by atomic mass is 35.5. The van der Waals surface area contributed by atoms with Gasteiger partial charge in [0.05, 0.1) is 22.2 Å². The molecule has 0 spiro atoms. The number of rotatable bonds is 10. The third-order valence-corrected chi connectivity index (χ3v) is 6.22. The summed E-state index contributed by atoms with van der Waals surface area (Å²) in [5, 5.41) is 12.6. The molecular weight excluding hydrogens is 424 g/mol. The minimum atomic E-state index is -0.142. The fourth-order valence-corrected chi connectivity index (χ4v) is 4.43. The molecule has 1 amide bonds. The standard InChI is InChI=1S/C21H21ClN4OS2/c1-2-12-26-19(14-28-13-16-8-4-3-5-9-16)24-25-21(26)29-15-20(27)23-18-11-7-6-10-17(18)22/h2-11H,1,12-15H2,(H,23,27). The first-order valence-electron chi connectivity index (χ1n) is 8.99. The fraction of sp³-hybridized carbons (Fsp3) is 0.190. The van der Waals surface area contributed by atoms with Crippen LogP contribution in [0.3, 0.4) is 0 Å². The maximum absolute atomic E-state index is 12.3. The van der Waals surface area contributed by atoms with Crippen molar-refractivity contribution >= 4 is 46.7 Å². The number of nitrogens with one attached hydrogen (secondary N) is 1. The number of halogens is 1. The van der Waals surface area contributed by atoms with E-state index in [1.54, 1.807) is 23.9 Å². The van der Waals surface area contributed by atoms with Gasteiger partial charge in [-0.1, -0.05) is 71.9 Å². The van der Waals surface area contributed by atoms with Gasteiger partial charge in [0.1, 0.15) is 5.82 Å². The van der Waals surface area contributed by atoms with E-state index >= 15 is 0 Å². The Kier molecular flexibility index (Phi) is 8.22. The van der Waals surface area contributed by atoms with Crippen LogP contribution in [0.15, 0.2) is 72.4 Å². The summed E-state index contributed by atoms with van der Waals surface area (Å²) in [7, 11) is 0. The van der Waals surface area contributed by atoms with Gasteiger partial charge in [-0.2, -0.15) is 0 Å². The van der Waals surface area contributed by atoms with Crippen LogP contribution in [0.1, 0.15) is 11.4 Å². The third-order valence-electron chi connectivity index (χ3n) is 3.93. The first-order valence-corrected chi connectivity index (χ1v) is 11.5. The molecule has 0 atom stereocenters. The Labute approximate surface area is 183 Å². The molecule has 150 valence electrons. The lowest BCUT2D eigenvalue weighted by Crippen LogP contribution is -2.15. The second-order valence-electron chi connectivity index (χ2n) is 6.09. The topological polar surface area (TPSA) is 59.8 Å². The molecule has 0 radical (unpaired) electrons. The zero-order chi connectivity index (χ0) is 20.5. The van der Waals surface area contributed by atoms with Crippen molar-refractivity contribution in [2.75, 3.05) is 11.1 Å². The van der Waals surface area contributed by atoms with E-state index in [4.69, 9.17) is 11.6 Å². The number of hydrogen-bond donors (Lipinski definition) is 1. The van der Waals surface area contributed by atoms with E-state index in [1.165, 1.54) is 17.3 Å². The Morgan fingerprint density at radius 2 is 1.86 bits per heavy atom. The lowest BCUT2D eigenvalue weighted by Gasteiger charge is -2.09. The molecule has 2 aromatic carbocycles. The number of benzene rings is 2. The van der Waals surface area contributed by atoms with Gasteiger partial charge in [0.25, 0.3) is 0 Å². The monoisotopic (exact) mass is 444 g/mol. The summed E-state index contributed by atoms with van der Waals surface area (Å²) in [5.41, 5.74) is 1.88. The molecule has 1 heterocycles. The van der Waals surface area contributed by atoms with Crippen LogP contribution >= 0.6 is 35.1 Å². The van der Waals surface area contributed by atoms with Gasteiger partial charge < -0.3 is 9.88 Å². The highest BCUT2D eigenvalue weighted by molar-refractivity contribution is 7.99. The van der Waals surface area contributed by atoms with Gasteiger partial charge >= 0.3 is 0 Å². The predicted octanol–water partition coefficient (Wildman–Crippen LogP) is 5.28. The Balaban J connectivity index is 1.57. The van der Waals surface area contributed by atoms with Crippen molar-refractivity contribution in [3.05, 3.63) is 83.7 Å². The lowest BCUT2D eigenvalue weighted by atomic mass is 10.2. The largest absolute Gasteiger partial charge is 0.324 e. The molecule has 0 saturated heterocycles. The van der Waals surface area contributed by atoms with E-state index in [1.807, 2.05) is 41.0 Å². The van der Waals surface area contributed by atoms with E-state index in [9.17, 15) is 4.79 Å². The number of allylic oxidation sites excluding steroid dienone is 1. The van der Waals surface area contributed by atoms with E-state index in [2.05, 4.69) is 34.2 Å². The average Bonchev–Trinajstić information content (AvgIpc) is 3.11. The highest BCUT2D eigenvalue weighted by Crippen LogP contribution is 2.24. The number of nitrogens with zero attached hydrogens (tertiary/aromatic N) is 3. The smallest absolute Gasteiger partial charge is 0.234 e. The van der Waals surface area contributed by atoms with Gasteiger partial charge in [0.15, 0.2) is 5.16 Å². The molecule has 29 heavy (non-hydrogen) atoms. The number of aromatic nitrogens is 3. The molecular formula is C21H21ClN4OS2. The zero-order valence-electron chi connectivity index (χ0n) is 15.8. The number of hydrogen-bond acceptors (Lipinski definition) is 5. The van der Waals surface area contributed by atoms with Crippen molar-refractivity contribution in [1.29, 1.82) is 0 Å². The number of carbonyl (C=O) groups is 1. The van der Waals surface area contributed by atoms with Crippen LogP contribution in [-0.4, -0.2) is 26.4 Å². The fourth-order valence-electron chi connectivity index (χ4n) is 2.56. The number of anilines is 1. The maximum atomic E-state index is 12.3. The van der Waals surface area contributed by atoms with Gasteiger partial charge in [0.2, 0.25) is 5.91 Å². The number of amides is 1. The zero-order valence-corrected chi connectivity index (χ0v) is 18.1. The summed E-state index contributed by atoms with van der Waals surface area (Å²) in [4.78, 5) is 12.3. The quantitative estimate of drug-likeness (QED) is 0.340. The second-order valence-corrected chi connectivity index (χ2v) is 8.43. The molecule has 0 fully saturated rings. The number of carbonyl (C=O) groups excluding carboxylic acids is 1. The highest BCUT2D eigenvalue weighted by Gasteiger charge is 2.14. The summed E-state index contributed by atoms with van der Waals surface area (Å²) in [5.74, 6) is 2.60. The molecule has 3 rings (SSSR count). The molecule has 0 aliphatic carbocycles. The van der Waals surface area contributed by atoms with Gasteiger partial charge in [-0.15, -0.1) is 28.5 Å². The Morgan fingerprint density at radius 3 is 2.62 bits per heavy atom. The molecule has 0 saturated carbocycles. The molecule has 0 aliphatic rings. The maximum Gasteiger partial charge on any atom is 0.234 e. The first kappa shape index (κ1) is 21.5. The van der Waals surface area contributed by atoms with Gasteiger partial charge in [-0.3, -0.25) is 4.79 Å². The molecule has 8 heteroatoms. The lowest BCUT2D eigenvalue weighted by molar-refractivity contribution is -0.113. The number of thioether (sulfide) groups is 2. The minimum Gasteiger partial charge on any atom is -0.324 e. The number of para-hydroxylation sites is 1. The van der Waals surface area contributed by atoms with Crippen molar-refractivity contribution in [1.82, 2.24) is 14.8 Å². The molecule has 3 aromatic rings. The molecule has 0 unspecified atom stereocenters. The molecule has 1 N–H and O–H groups in total. The normalized spacial score (nSPS) is 10.7. The summed E-state index contributed by atoms with van der Waals surface area (Å²) >= 11 is 9.21. The van der Waals surface area contributed by atoms with Crippen LogP contribution in [-0.2, 0) is 22.8 Å². The summed E-state index contributed by atoms with van der Waals surface area (Å²) in [6.07, 6.45) is 1.81. The Hall–Kier alpha value is -2.22. The molecule has 1 aromatic heterocycles. The van der Waals surface area contributed by atoms with E-state index in [-0.39, 0.29) is 11.7 Å². The van der Waals surface area contributed by atoms with E-state index in [0.29, 0.717) is 22.4 Å². The van der Waals surface area contributed by atoms with Crippen molar-refractivity contribution in [2.45, 2.75) is 23.2 Å². The SMILES string of the molecule is C=CCn1c(CSCc2ccccc2)nnc1SCC(=O)Nc1ccccc1Cl. The van der Waals surface area contributed by atoms with E-state index in [0.717, 1.165) is 17.3 Å². The van der Waals surface area contributed by atoms with Crippen LogP contribution in [0.4, 0.5) is 5.69 Å². The van der Waals surface area contributed by atoms with Crippen LogP contribution < -0.4 is 5.32 Å². The van der Waals surface area contributed by atoms with Crippen LogP contribution in [0, 0.1) is 0 Å². The van der Waals surface area contributed by atoms with Crippen molar-refractivity contribution in [3.63, 3.8) is 0 Å². The average molecular weight is 445 g/mol. The van der Waals surface area contributed by atoms with Crippen LogP contribution in [0.25, 0.3) is 0 Å². The third kappa shape index (κ3) is 6.39. The van der Waals surface area contributed by atoms with Gasteiger partial charge in [0, 0.05) is 12.3 Å². The second kappa shape index (κ2) is 11.1. The predicted molar refractivity (Wildman–Crippen MR) is 122 cm³/mol. The van der Waals surface area contributed by atoms with Crippen molar-refractivity contribution < 1.29 is 4.79 Å². The van der Waals surface area contributed by atoms with Gasteiger partial charge in [-0.05, 0) is 17.7 Å². The van der Waals surface area contributed by atoms with Gasteiger partial charge in [-0.25, -0.2) is 0 Å². The molecule has 0 bridgehead atoms. The summed E-state index contributed by atoms with van der Waals surface area (Å²) in [6.45, 7) is 4.42.